The number of hydrogen-bond donors (Lipinski definition) is 2. The molecule has 4 amide bonds. The predicted molar refractivity (Wildman–Crippen MR) is 83.1 cm³/mol. The summed E-state index contributed by atoms with van der Waals surface area (Å²) in [5.74, 6) is 0.502. The first-order valence-corrected chi connectivity index (χ1v) is 8.28. The minimum absolute atomic E-state index is 0.175. The summed E-state index contributed by atoms with van der Waals surface area (Å²) in [4.78, 5) is 37.2. The summed E-state index contributed by atoms with van der Waals surface area (Å²) in [6, 6.07) is -0.769. The molecular weight excluding hydrogens is 282 g/mol. The third kappa shape index (κ3) is 4.21. The van der Waals surface area contributed by atoms with E-state index in [0.717, 1.165) is 36.5 Å². The van der Waals surface area contributed by atoms with Gasteiger partial charge in [-0.15, -0.1) is 0 Å². The van der Waals surface area contributed by atoms with Crippen LogP contribution in [0.1, 0.15) is 52.9 Å². The second-order valence-corrected chi connectivity index (χ2v) is 7.08. The molecule has 0 bridgehead atoms. The van der Waals surface area contributed by atoms with Crippen LogP contribution in [0.25, 0.3) is 0 Å². The lowest BCUT2D eigenvalue weighted by Crippen LogP contribution is -2.45. The standard InChI is InChI=1S/C16H27N3O3/c1-10(2)8-13-15(21)19(16(22)18-13)9-14(20)17-12-6-4-11(3)5-7-12/h10-13H,4-9H2,1-3H3,(H,17,20)(H,18,22). The zero-order valence-electron chi connectivity index (χ0n) is 13.7. The van der Waals surface area contributed by atoms with E-state index < -0.39 is 12.1 Å². The number of amides is 4. The molecule has 6 heteroatoms. The molecule has 1 aliphatic carbocycles. The molecule has 0 aromatic carbocycles. The van der Waals surface area contributed by atoms with Crippen LogP contribution in [0.4, 0.5) is 4.79 Å². The highest BCUT2D eigenvalue weighted by Crippen LogP contribution is 2.23. The van der Waals surface area contributed by atoms with Crippen molar-refractivity contribution >= 4 is 17.8 Å². The van der Waals surface area contributed by atoms with Gasteiger partial charge >= 0.3 is 6.03 Å². The van der Waals surface area contributed by atoms with Crippen molar-refractivity contribution in [2.45, 2.75) is 65.0 Å². The number of rotatable bonds is 5. The van der Waals surface area contributed by atoms with Gasteiger partial charge in [0.1, 0.15) is 12.6 Å². The van der Waals surface area contributed by atoms with Crippen molar-refractivity contribution in [1.82, 2.24) is 15.5 Å². The molecule has 2 N–H and O–H groups in total. The Bertz CT molecular complexity index is 442. The van der Waals surface area contributed by atoms with Crippen LogP contribution in [0.3, 0.4) is 0 Å². The van der Waals surface area contributed by atoms with Crippen LogP contribution in [0.2, 0.25) is 0 Å². The molecule has 1 atom stereocenters. The molecule has 1 aliphatic heterocycles. The highest BCUT2D eigenvalue weighted by atomic mass is 16.2. The first kappa shape index (κ1) is 16.8. The van der Waals surface area contributed by atoms with Crippen molar-refractivity contribution in [2.75, 3.05) is 6.54 Å². The van der Waals surface area contributed by atoms with Crippen molar-refractivity contribution in [2.24, 2.45) is 11.8 Å². The molecule has 22 heavy (non-hydrogen) atoms. The molecule has 2 fully saturated rings. The Morgan fingerprint density at radius 1 is 1.27 bits per heavy atom. The monoisotopic (exact) mass is 309 g/mol. The van der Waals surface area contributed by atoms with Crippen LogP contribution in [0, 0.1) is 11.8 Å². The summed E-state index contributed by atoms with van der Waals surface area (Å²) < 4.78 is 0. The molecule has 0 spiro atoms. The van der Waals surface area contributed by atoms with Gasteiger partial charge in [0, 0.05) is 6.04 Å². The number of hydrogen-bond acceptors (Lipinski definition) is 3. The fraction of sp³-hybridized carbons (Fsp3) is 0.812. The lowest BCUT2D eigenvalue weighted by atomic mass is 9.87. The lowest BCUT2D eigenvalue weighted by molar-refractivity contribution is -0.132. The first-order valence-electron chi connectivity index (χ1n) is 8.28. The Balaban J connectivity index is 1.83. The molecule has 2 aliphatic rings. The second kappa shape index (κ2) is 7.11. The quantitative estimate of drug-likeness (QED) is 0.758. The van der Waals surface area contributed by atoms with Gasteiger partial charge in [-0.1, -0.05) is 20.8 Å². The zero-order valence-corrected chi connectivity index (χ0v) is 13.7. The number of carbonyl (C=O) groups is 3. The van der Waals surface area contributed by atoms with E-state index in [1.165, 1.54) is 0 Å². The molecule has 6 nitrogen and oxygen atoms in total. The van der Waals surface area contributed by atoms with Crippen LogP contribution >= 0.6 is 0 Å². The number of imide groups is 1. The van der Waals surface area contributed by atoms with Crippen LogP contribution in [0.5, 0.6) is 0 Å². The van der Waals surface area contributed by atoms with Gasteiger partial charge in [0.05, 0.1) is 0 Å². The molecule has 1 saturated heterocycles. The molecule has 0 aromatic heterocycles. The van der Waals surface area contributed by atoms with E-state index in [1.54, 1.807) is 0 Å². The Morgan fingerprint density at radius 3 is 2.50 bits per heavy atom. The fourth-order valence-corrected chi connectivity index (χ4v) is 3.18. The Labute approximate surface area is 132 Å². The Morgan fingerprint density at radius 2 is 1.91 bits per heavy atom. The predicted octanol–water partition coefficient (Wildman–Crippen LogP) is 1.65. The molecule has 0 radical (unpaired) electrons. The van der Waals surface area contributed by atoms with Crippen molar-refractivity contribution in [1.29, 1.82) is 0 Å². The van der Waals surface area contributed by atoms with Gasteiger partial charge < -0.3 is 10.6 Å². The van der Waals surface area contributed by atoms with Crippen molar-refractivity contribution in [3.63, 3.8) is 0 Å². The van der Waals surface area contributed by atoms with Crippen LogP contribution in [-0.2, 0) is 9.59 Å². The smallest absolute Gasteiger partial charge is 0.325 e. The average Bonchev–Trinajstić information content (AvgIpc) is 2.68. The normalized spacial score (nSPS) is 28.9. The molecule has 1 saturated carbocycles. The minimum atomic E-state index is -0.490. The van der Waals surface area contributed by atoms with Gasteiger partial charge in [-0.2, -0.15) is 0 Å². The maximum Gasteiger partial charge on any atom is 0.325 e. The van der Waals surface area contributed by atoms with Crippen molar-refractivity contribution in [3.05, 3.63) is 0 Å². The summed E-state index contributed by atoms with van der Waals surface area (Å²) in [6.07, 6.45) is 4.78. The number of carbonyl (C=O) groups excluding carboxylic acids is 3. The summed E-state index contributed by atoms with van der Waals surface area (Å²) in [7, 11) is 0. The average molecular weight is 309 g/mol. The summed E-state index contributed by atoms with van der Waals surface area (Å²) >= 11 is 0. The van der Waals surface area contributed by atoms with E-state index >= 15 is 0 Å². The molecule has 2 rings (SSSR count). The summed E-state index contributed by atoms with van der Waals surface area (Å²) in [5.41, 5.74) is 0. The van der Waals surface area contributed by atoms with E-state index in [2.05, 4.69) is 17.6 Å². The lowest BCUT2D eigenvalue weighted by Gasteiger charge is -2.27. The van der Waals surface area contributed by atoms with E-state index in [0.29, 0.717) is 12.3 Å². The SMILES string of the molecule is CC(C)CC1NC(=O)N(CC(=O)NC2CCC(C)CC2)C1=O. The number of nitrogens with one attached hydrogen (secondary N) is 2. The number of urea groups is 1. The summed E-state index contributed by atoms with van der Waals surface area (Å²) in [5, 5.41) is 5.61. The molecule has 1 heterocycles. The zero-order chi connectivity index (χ0) is 16.3. The van der Waals surface area contributed by atoms with Crippen LogP contribution in [0.15, 0.2) is 0 Å². The largest absolute Gasteiger partial charge is 0.352 e. The van der Waals surface area contributed by atoms with Gasteiger partial charge in [-0.05, 0) is 43.9 Å². The van der Waals surface area contributed by atoms with E-state index in [9.17, 15) is 14.4 Å². The summed E-state index contributed by atoms with van der Waals surface area (Å²) in [6.45, 7) is 6.04. The van der Waals surface area contributed by atoms with Crippen LogP contribution in [-0.4, -0.2) is 41.4 Å². The minimum Gasteiger partial charge on any atom is -0.352 e. The topological polar surface area (TPSA) is 78.5 Å². The maximum atomic E-state index is 12.2. The first-order chi connectivity index (χ1) is 10.4. The molecule has 124 valence electrons. The Kier molecular flexibility index (Phi) is 5.42. The van der Waals surface area contributed by atoms with Gasteiger partial charge in [0.25, 0.3) is 5.91 Å². The van der Waals surface area contributed by atoms with Gasteiger partial charge in [0.15, 0.2) is 0 Å². The number of nitrogens with zero attached hydrogens (tertiary/aromatic N) is 1. The van der Waals surface area contributed by atoms with E-state index in [-0.39, 0.29) is 24.4 Å². The third-order valence-electron chi connectivity index (χ3n) is 4.50. The third-order valence-corrected chi connectivity index (χ3v) is 4.50. The van der Waals surface area contributed by atoms with Gasteiger partial charge in [-0.25, -0.2) is 4.79 Å². The molecule has 0 aromatic rings. The van der Waals surface area contributed by atoms with Gasteiger partial charge in [-0.3, -0.25) is 14.5 Å². The van der Waals surface area contributed by atoms with Crippen LogP contribution < -0.4 is 10.6 Å². The maximum absolute atomic E-state index is 12.2. The van der Waals surface area contributed by atoms with E-state index in [4.69, 9.17) is 0 Å². The highest BCUT2D eigenvalue weighted by molar-refractivity contribution is 6.06. The van der Waals surface area contributed by atoms with Crippen molar-refractivity contribution < 1.29 is 14.4 Å². The highest BCUT2D eigenvalue weighted by Gasteiger charge is 2.39. The molecular formula is C16H27N3O3. The van der Waals surface area contributed by atoms with Crippen molar-refractivity contribution in [3.8, 4) is 0 Å². The second-order valence-electron chi connectivity index (χ2n) is 7.08. The molecule has 1 unspecified atom stereocenters. The Hall–Kier alpha value is -1.59. The fourth-order valence-electron chi connectivity index (χ4n) is 3.18. The van der Waals surface area contributed by atoms with E-state index in [1.807, 2.05) is 13.8 Å². The van der Waals surface area contributed by atoms with Gasteiger partial charge in [0.2, 0.25) is 5.91 Å².